The summed E-state index contributed by atoms with van der Waals surface area (Å²) >= 11 is 0. The number of benzene rings is 4. The Hall–Kier alpha value is -3.96. The molecule has 1 N–H and O–H groups in total. The van der Waals surface area contributed by atoms with Crippen molar-refractivity contribution >= 4 is 0 Å². The third-order valence-corrected chi connectivity index (χ3v) is 4.47. The molecule has 0 spiro atoms. The Morgan fingerprint density at radius 2 is 1.03 bits per heavy atom. The van der Waals surface area contributed by atoms with E-state index < -0.39 is 6.23 Å². The number of para-hydroxylation sites is 3. The fraction of sp³-hybridized carbons (Fsp3) is 0.0769. The molecule has 5 nitrogen and oxygen atoms in total. The second-order valence-corrected chi connectivity index (χ2v) is 6.85. The van der Waals surface area contributed by atoms with Crippen molar-refractivity contribution in [1.82, 2.24) is 5.23 Å². The summed E-state index contributed by atoms with van der Waals surface area (Å²) in [7, 11) is 0. The van der Waals surface area contributed by atoms with Gasteiger partial charge in [-0.15, -0.1) is 0 Å². The van der Waals surface area contributed by atoms with Crippen LogP contribution in [0.15, 0.2) is 115 Å². The number of aromatic hydroxyl groups is 1. The van der Waals surface area contributed by atoms with Gasteiger partial charge in [0.25, 0.3) is 0 Å². The van der Waals surface area contributed by atoms with E-state index in [0.29, 0.717) is 23.7 Å². The monoisotopic (exact) mass is 413 g/mol. The van der Waals surface area contributed by atoms with E-state index in [-0.39, 0.29) is 5.75 Å². The van der Waals surface area contributed by atoms with Crippen LogP contribution < -0.4 is 14.4 Å². The molecule has 0 aromatic heterocycles. The third-order valence-electron chi connectivity index (χ3n) is 4.47. The fourth-order valence-corrected chi connectivity index (χ4v) is 2.96. The van der Waals surface area contributed by atoms with Crippen molar-refractivity contribution in [2.45, 2.75) is 12.6 Å². The van der Waals surface area contributed by atoms with Crippen molar-refractivity contribution < 1.29 is 19.5 Å². The van der Waals surface area contributed by atoms with E-state index in [1.54, 1.807) is 12.1 Å². The molecule has 0 radical (unpaired) electrons. The van der Waals surface area contributed by atoms with Crippen LogP contribution in [0.3, 0.4) is 0 Å². The number of phenolic OH excluding ortho intramolecular Hbond substituents is 1. The first-order valence-electron chi connectivity index (χ1n) is 10.0. The zero-order chi connectivity index (χ0) is 21.3. The number of nitrogens with zero attached hydrogens (tertiary/aromatic N) is 1. The molecule has 0 heterocycles. The SMILES string of the molecule is Oc1ccc(CC(Oc2ccccc2)N(Oc2ccccc2)Oc2ccccc2)cc1. The largest absolute Gasteiger partial charge is 0.508 e. The van der Waals surface area contributed by atoms with Crippen LogP contribution in [0.2, 0.25) is 0 Å². The first-order valence-corrected chi connectivity index (χ1v) is 10.0. The van der Waals surface area contributed by atoms with Crippen molar-refractivity contribution in [3.8, 4) is 23.0 Å². The maximum absolute atomic E-state index is 9.63. The zero-order valence-electron chi connectivity index (χ0n) is 16.9. The molecule has 0 fully saturated rings. The lowest BCUT2D eigenvalue weighted by Gasteiger charge is -2.30. The topological polar surface area (TPSA) is 51.2 Å². The molecule has 0 saturated carbocycles. The maximum atomic E-state index is 9.63. The van der Waals surface area contributed by atoms with E-state index in [1.807, 2.05) is 103 Å². The van der Waals surface area contributed by atoms with Gasteiger partial charge in [-0.05, 0) is 54.1 Å². The van der Waals surface area contributed by atoms with Gasteiger partial charge in [-0.25, -0.2) is 0 Å². The molecule has 0 bridgehead atoms. The van der Waals surface area contributed by atoms with Crippen LogP contribution in [0.1, 0.15) is 5.56 Å². The normalized spacial score (nSPS) is 11.6. The van der Waals surface area contributed by atoms with Crippen LogP contribution >= 0.6 is 0 Å². The maximum Gasteiger partial charge on any atom is 0.226 e. The Balaban J connectivity index is 1.65. The van der Waals surface area contributed by atoms with Crippen molar-refractivity contribution in [3.63, 3.8) is 0 Å². The molecular weight excluding hydrogens is 390 g/mol. The molecule has 1 atom stereocenters. The Morgan fingerprint density at radius 1 is 0.581 bits per heavy atom. The van der Waals surface area contributed by atoms with E-state index in [9.17, 15) is 5.11 Å². The first-order chi connectivity index (χ1) is 15.3. The molecule has 0 saturated heterocycles. The number of phenols is 1. The summed E-state index contributed by atoms with van der Waals surface area (Å²) in [5, 5.41) is 11.0. The van der Waals surface area contributed by atoms with Crippen LogP contribution in [0.5, 0.6) is 23.0 Å². The molecule has 0 amide bonds. The van der Waals surface area contributed by atoms with Gasteiger partial charge in [-0.2, -0.15) is 0 Å². The minimum Gasteiger partial charge on any atom is -0.508 e. The number of hydrogen-bond acceptors (Lipinski definition) is 5. The zero-order valence-corrected chi connectivity index (χ0v) is 16.9. The lowest BCUT2D eigenvalue weighted by molar-refractivity contribution is -0.318. The Bertz CT molecular complexity index is 1000. The lowest BCUT2D eigenvalue weighted by atomic mass is 10.1. The van der Waals surface area contributed by atoms with Crippen LogP contribution in [0.25, 0.3) is 0 Å². The van der Waals surface area contributed by atoms with Crippen LogP contribution in [0.4, 0.5) is 0 Å². The summed E-state index contributed by atoms with van der Waals surface area (Å²) in [6.45, 7) is 0. The summed E-state index contributed by atoms with van der Waals surface area (Å²) in [5.41, 5.74) is 0.956. The predicted octanol–water partition coefficient (Wildman–Crippen LogP) is 5.63. The van der Waals surface area contributed by atoms with Crippen molar-refractivity contribution in [2.24, 2.45) is 0 Å². The highest BCUT2D eigenvalue weighted by molar-refractivity contribution is 5.27. The lowest BCUT2D eigenvalue weighted by Crippen LogP contribution is -2.45. The van der Waals surface area contributed by atoms with Gasteiger partial charge < -0.3 is 19.5 Å². The van der Waals surface area contributed by atoms with Crippen LogP contribution in [-0.4, -0.2) is 16.6 Å². The van der Waals surface area contributed by atoms with Crippen LogP contribution in [-0.2, 0) is 6.42 Å². The van der Waals surface area contributed by atoms with Crippen LogP contribution in [0, 0.1) is 0 Å². The molecule has 4 aromatic carbocycles. The predicted molar refractivity (Wildman–Crippen MR) is 119 cm³/mol. The Kier molecular flexibility index (Phi) is 6.67. The van der Waals surface area contributed by atoms with Gasteiger partial charge in [-0.1, -0.05) is 66.7 Å². The first kappa shape index (κ1) is 20.3. The van der Waals surface area contributed by atoms with Crippen molar-refractivity contribution in [2.75, 3.05) is 0 Å². The molecule has 4 aromatic rings. The molecule has 5 heteroatoms. The molecule has 4 rings (SSSR count). The van der Waals surface area contributed by atoms with Gasteiger partial charge in [0, 0.05) is 6.42 Å². The number of rotatable bonds is 9. The summed E-state index contributed by atoms with van der Waals surface area (Å²) in [6, 6.07) is 35.3. The minimum atomic E-state index is -0.618. The van der Waals surface area contributed by atoms with Gasteiger partial charge in [0.15, 0.2) is 11.5 Å². The highest BCUT2D eigenvalue weighted by Gasteiger charge is 2.26. The van der Waals surface area contributed by atoms with Crippen molar-refractivity contribution in [3.05, 3.63) is 121 Å². The molecular formula is C26H23NO4. The van der Waals surface area contributed by atoms with E-state index >= 15 is 0 Å². The van der Waals surface area contributed by atoms with E-state index in [4.69, 9.17) is 14.4 Å². The molecule has 0 aliphatic heterocycles. The van der Waals surface area contributed by atoms with Gasteiger partial charge in [0.2, 0.25) is 6.23 Å². The second kappa shape index (κ2) is 10.2. The molecule has 0 aliphatic carbocycles. The highest BCUT2D eigenvalue weighted by atomic mass is 17.0. The molecule has 1 unspecified atom stereocenters. The van der Waals surface area contributed by atoms with Gasteiger partial charge in [-0.3, -0.25) is 0 Å². The summed E-state index contributed by atoms with van der Waals surface area (Å²) in [6.07, 6.45) is -0.165. The summed E-state index contributed by atoms with van der Waals surface area (Å²) < 4.78 is 6.27. The van der Waals surface area contributed by atoms with Gasteiger partial charge in [0.05, 0.1) is 5.23 Å². The minimum absolute atomic E-state index is 0.210. The Morgan fingerprint density at radius 3 is 1.52 bits per heavy atom. The second-order valence-electron chi connectivity index (χ2n) is 6.85. The van der Waals surface area contributed by atoms with E-state index in [0.717, 1.165) is 5.56 Å². The average molecular weight is 413 g/mol. The highest BCUT2D eigenvalue weighted by Crippen LogP contribution is 2.22. The number of ether oxygens (including phenoxy) is 1. The smallest absolute Gasteiger partial charge is 0.226 e. The van der Waals surface area contributed by atoms with E-state index in [1.165, 1.54) is 5.23 Å². The third kappa shape index (κ3) is 6.01. The van der Waals surface area contributed by atoms with E-state index in [2.05, 4.69) is 0 Å². The molecule has 156 valence electrons. The standard InChI is InChI=1S/C26H23NO4/c28-22-18-16-21(17-19-22)20-26(29-23-10-4-1-5-11-23)27(30-24-12-6-2-7-13-24)31-25-14-8-3-9-15-25/h1-19,26,28H,20H2. The van der Waals surface area contributed by atoms with Crippen molar-refractivity contribution in [1.29, 1.82) is 0 Å². The number of hydrogen-bond donors (Lipinski definition) is 1. The quantitative estimate of drug-likeness (QED) is 0.285. The Labute approximate surface area is 181 Å². The molecule has 31 heavy (non-hydrogen) atoms. The number of hydroxylamine groups is 2. The van der Waals surface area contributed by atoms with Gasteiger partial charge >= 0.3 is 0 Å². The summed E-state index contributed by atoms with van der Waals surface area (Å²) in [5.74, 6) is 2.13. The fourth-order valence-electron chi connectivity index (χ4n) is 2.96. The average Bonchev–Trinajstić information content (AvgIpc) is 2.82. The molecule has 0 aliphatic rings. The van der Waals surface area contributed by atoms with Gasteiger partial charge in [0.1, 0.15) is 11.5 Å². The summed E-state index contributed by atoms with van der Waals surface area (Å²) in [4.78, 5) is 12.2.